The van der Waals surface area contributed by atoms with E-state index in [0.717, 1.165) is 17.0 Å². The largest absolute Gasteiger partial charge is 0.492 e. The van der Waals surface area contributed by atoms with E-state index in [4.69, 9.17) is 16.3 Å². The van der Waals surface area contributed by atoms with Crippen LogP contribution < -0.4 is 15.4 Å². The molecule has 0 radical (unpaired) electrons. The topological polar surface area (TPSA) is 68.2 Å². The van der Waals surface area contributed by atoms with Gasteiger partial charge in [0.05, 0.1) is 18.4 Å². The monoisotopic (exact) mass is 370 g/mol. The van der Waals surface area contributed by atoms with Crippen LogP contribution in [0.15, 0.2) is 67.0 Å². The van der Waals surface area contributed by atoms with Crippen LogP contribution >= 0.6 is 11.6 Å². The van der Waals surface area contributed by atoms with Crippen molar-refractivity contribution in [2.75, 3.05) is 13.2 Å². The predicted octanol–water partition coefficient (Wildman–Crippen LogP) is 3.40. The summed E-state index contributed by atoms with van der Waals surface area (Å²) in [6.07, 6.45) is 3.58. The van der Waals surface area contributed by atoms with Crippen molar-refractivity contribution in [3.8, 4) is 11.4 Å². The minimum absolute atomic E-state index is 0.249. The van der Waals surface area contributed by atoms with Gasteiger partial charge >= 0.3 is 6.03 Å². The first-order valence-corrected chi connectivity index (χ1v) is 8.57. The number of nitrogens with zero attached hydrogens (tertiary/aromatic N) is 2. The molecule has 0 saturated heterocycles. The average Bonchev–Trinajstić information content (AvgIpc) is 3.14. The first kappa shape index (κ1) is 17.8. The molecule has 1 aromatic heterocycles. The number of ether oxygens (including phenoxy) is 1. The van der Waals surface area contributed by atoms with Crippen LogP contribution in [0, 0.1) is 0 Å². The Hall–Kier alpha value is -2.99. The van der Waals surface area contributed by atoms with E-state index < -0.39 is 0 Å². The SMILES string of the molecule is O=C(NCCOc1ccccc1)NCc1cnn(-c2ccc(Cl)cc2)c1. The first-order chi connectivity index (χ1) is 12.7. The highest BCUT2D eigenvalue weighted by atomic mass is 35.5. The summed E-state index contributed by atoms with van der Waals surface area (Å²) in [5.41, 5.74) is 1.80. The molecule has 2 amide bonds. The molecule has 7 heteroatoms. The van der Waals surface area contributed by atoms with Crippen LogP contribution in [0.25, 0.3) is 5.69 Å². The summed E-state index contributed by atoms with van der Waals surface area (Å²) < 4.78 is 7.25. The van der Waals surface area contributed by atoms with Crippen LogP contribution in [0.3, 0.4) is 0 Å². The molecule has 2 aromatic carbocycles. The fraction of sp³-hybridized carbons (Fsp3) is 0.158. The van der Waals surface area contributed by atoms with Crippen LogP contribution in [0.4, 0.5) is 4.79 Å². The maximum atomic E-state index is 11.8. The number of carbonyl (C=O) groups is 1. The molecule has 0 bridgehead atoms. The second-order valence-electron chi connectivity index (χ2n) is 5.54. The zero-order chi connectivity index (χ0) is 18.2. The molecule has 1 heterocycles. The van der Waals surface area contributed by atoms with Gasteiger partial charge in [-0.05, 0) is 36.4 Å². The van der Waals surface area contributed by atoms with Gasteiger partial charge in [-0.25, -0.2) is 9.48 Å². The van der Waals surface area contributed by atoms with Crippen LogP contribution in [0.1, 0.15) is 5.56 Å². The van der Waals surface area contributed by atoms with Gasteiger partial charge in [-0.3, -0.25) is 0 Å². The van der Waals surface area contributed by atoms with Crippen molar-refractivity contribution in [2.45, 2.75) is 6.54 Å². The van der Waals surface area contributed by atoms with Crippen molar-refractivity contribution in [1.82, 2.24) is 20.4 Å². The van der Waals surface area contributed by atoms with E-state index in [0.29, 0.717) is 24.7 Å². The van der Waals surface area contributed by atoms with Crippen LogP contribution in [-0.2, 0) is 6.54 Å². The lowest BCUT2D eigenvalue weighted by atomic mass is 10.3. The number of hydrogen-bond acceptors (Lipinski definition) is 3. The molecular formula is C19H19ClN4O2. The van der Waals surface area contributed by atoms with Gasteiger partial charge in [0.1, 0.15) is 12.4 Å². The van der Waals surface area contributed by atoms with Crippen molar-refractivity contribution >= 4 is 17.6 Å². The second kappa shape index (κ2) is 8.92. The minimum Gasteiger partial charge on any atom is -0.492 e. The second-order valence-corrected chi connectivity index (χ2v) is 5.98. The van der Waals surface area contributed by atoms with E-state index in [1.165, 1.54) is 0 Å². The van der Waals surface area contributed by atoms with Gasteiger partial charge in [-0.1, -0.05) is 29.8 Å². The van der Waals surface area contributed by atoms with Crippen molar-refractivity contribution in [1.29, 1.82) is 0 Å². The molecule has 0 unspecified atom stereocenters. The highest BCUT2D eigenvalue weighted by molar-refractivity contribution is 6.30. The smallest absolute Gasteiger partial charge is 0.315 e. The van der Waals surface area contributed by atoms with Gasteiger partial charge in [-0.15, -0.1) is 0 Å². The number of urea groups is 1. The Kier molecular flexibility index (Phi) is 6.11. The maximum absolute atomic E-state index is 11.8. The molecule has 3 aromatic rings. The fourth-order valence-electron chi connectivity index (χ4n) is 2.28. The van der Waals surface area contributed by atoms with Crippen molar-refractivity contribution in [2.24, 2.45) is 0 Å². The van der Waals surface area contributed by atoms with Crippen LogP contribution in [0.2, 0.25) is 5.02 Å². The number of rotatable bonds is 7. The third-order valence-electron chi connectivity index (χ3n) is 3.58. The Bertz CT molecular complexity index is 834. The Morgan fingerprint density at radius 1 is 1.08 bits per heavy atom. The molecule has 26 heavy (non-hydrogen) atoms. The third-order valence-corrected chi connectivity index (χ3v) is 3.83. The van der Waals surface area contributed by atoms with Gasteiger partial charge in [-0.2, -0.15) is 5.10 Å². The summed E-state index contributed by atoms with van der Waals surface area (Å²) in [5, 5.41) is 10.5. The summed E-state index contributed by atoms with van der Waals surface area (Å²) in [7, 11) is 0. The van der Waals surface area contributed by atoms with Crippen LogP contribution in [0.5, 0.6) is 5.75 Å². The molecule has 0 spiro atoms. The van der Waals surface area contributed by atoms with E-state index in [2.05, 4.69) is 15.7 Å². The first-order valence-electron chi connectivity index (χ1n) is 8.20. The number of carbonyl (C=O) groups excluding carboxylic acids is 1. The molecule has 0 aliphatic heterocycles. The Morgan fingerprint density at radius 2 is 1.85 bits per heavy atom. The number of benzene rings is 2. The summed E-state index contributed by atoms with van der Waals surface area (Å²) in [6.45, 7) is 1.22. The van der Waals surface area contributed by atoms with Gasteiger partial charge in [0, 0.05) is 23.3 Å². The molecular weight excluding hydrogens is 352 g/mol. The number of nitrogens with one attached hydrogen (secondary N) is 2. The zero-order valence-corrected chi connectivity index (χ0v) is 14.8. The normalized spacial score (nSPS) is 10.3. The van der Waals surface area contributed by atoms with Gasteiger partial charge in [0.15, 0.2) is 0 Å². The van der Waals surface area contributed by atoms with E-state index in [1.807, 2.05) is 48.7 Å². The van der Waals surface area contributed by atoms with E-state index >= 15 is 0 Å². The lowest BCUT2D eigenvalue weighted by Gasteiger charge is -2.08. The Labute approximate surface area is 156 Å². The molecule has 134 valence electrons. The van der Waals surface area contributed by atoms with Crippen molar-refractivity contribution in [3.05, 3.63) is 77.6 Å². The highest BCUT2D eigenvalue weighted by Crippen LogP contribution is 2.13. The average molecular weight is 371 g/mol. The summed E-state index contributed by atoms with van der Waals surface area (Å²) in [5.74, 6) is 0.782. The number of para-hydroxylation sites is 1. The lowest BCUT2D eigenvalue weighted by molar-refractivity contribution is 0.236. The standard InChI is InChI=1S/C19H19ClN4O2/c20-16-6-8-17(9-7-16)24-14-15(13-23-24)12-22-19(25)21-10-11-26-18-4-2-1-3-5-18/h1-9,13-14H,10-12H2,(H2,21,22,25). The zero-order valence-electron chi connectivity index (χ0n) is 14.1. The number of hydrogen-bond donors (Lipinski definition) is 2. The fourth-order valence-corrected chi connectivity index (χ4v) is 2.41. The van der Waals surface area contributed by atoms with Gasteiger partial charge in [0.25, 0.3) is 0 Å². The Morgan fingerprint density at radius 3 is 2.62 bits per heavy atom. The molecule has 3 rings (SSSR count). The third kappa shape index (κ3) is 5.26. The minimum atomic E-state index is -0.249. The molecule has 0 saturated carbocycles. The predicted molar refractivity (Wildman–Crippen MR) is 101 cm³/mol. The summed E-state index contributed by atoms with van der Waals surface area (Å²) in [6, 6.07) is 16.6. The lowest BCUT2D eigenvalue weighted by Crippen LogP contribution is -2.37. The summed E-state index contributed by atoms with van der Waals surface area (Å²) >= 11 is 5.88. The Balaban J connectivity index is 1.38. The maximum Gasteiger partial charge on any atom is 0.315 e. The molecule has 0 aliphatic rings. The van der Waals surface area contributed by atoms with Crippen molar-refractivity contribution in [3.63, 3.8) is 0 Å². The highest BCUT2D eigenvalue weighted by Gasteiger charge is 2.04. The number of aromatic nitrogens is 2. The molecule has 0 atom stereocenters. The molecule has 0 aliphatic carbocycles. The summed E-state index contributed by atoms with van der Waals surface area (Å²) in [4.78, 5) is 11.8. The van der Waals surface area contributed by atoms with E-state index in [1.54, 1.807) is 23.0 Å². The number of halogens is 1. The van der Waals surface area contributed by atoms with Crippen molar-refractivity contribution < 1.29 is 9.53 Å². The van der Waals surface area contributed by atoms with E-state index in [-0.39, 0.29) is 6.03 Å². The van der Waals surface area contributed by atoms with Crippen LogP contribution in [-0.4, -0.2) is 29.0 Å². The molecule has 6 nitrogen and oxygen atoms in total. The van der Waals surface area contributed by atoms with E-state index in [9.17, 15) is 4.79 Å². The number of amides is 2. The van der Waals surface area contributed by atoms with Gasteiger partial charge < -0.3 is 15.4 Å². The molecule has 0 fully saturated rings. The molecule has 2 N–H and O–H groups in total. The quantitative estimate of drug-likeness (QED) is 0.626. The van der Waals surface area contributed by atoms with Gasteiger partial charge in [0.2, 0.25) is 0 Å².